The van der Waals surface area contributed by atoms with Gasteiger partial charge >= 0.3 is 0 Å². The first-order valence-corrected chi connectivity index (χ1v) is 7.58. The number of carbonyl (C=O) groups excluding carboxylic acids is 2. The van der Waals surface area contributed by atoms with Crippen LogP contribution in [0.2, 0.25) is 0 Å². The molecule has 7 heteroatoms. The summed E-state index contributed by atoms with van der Waals surface area (Å²) in [5.41, 5.74) is 5.46. The van der Waals surface area contributed by atoms with Gasteiger partial charge < -0.3 is 14.2 Å². The Morgan fingerprint density at radius 3 is 1.80 bits per heavy atom. The van der Waals surface area contributed by atoms with Gasteiger partial charge in [0.15, 0.2) is 6.61 Å². The van der Waals surface area contributed by atoms with E-state index in [-0.39, 0.29) is 18.9 Å². The Morgan fingerprint density at radius 1 is 0.760 bits per heavy atom. The molecule has 0 saturated carbocycles. The summed E-state index contributed by atoms with van der Waals surface area (Å²) in [5.74, 6) is 1.15. The molecule has 2 rings (SSSR count). The first-order valence-electron chi connectivity index (χ1n) is 7.58. The van der Waals surface area contributed by atoms with Crippen molar-refractivity contribution in [1.29, 1.82) is 0 Å². The monoisotopic (exact) mass is 344 g/mol. The van der Waals surface area contributed by atoms with Gasteiger partial charge in [0, 0.05) is 0 Å². The molecular formula is C18H20N2O5. The summed E-state index contributed by atoms with van der Waals surface area (Å²) >= 11 is 0. The van der Waals surface area contributed by atoms with Gasteiger partial charge in [-0.15, -0.1) is 0 Å². The van der Waals surface area contributed by atoms with Crippen molar-refractivity contribution in [2.45, 2.75) is 6.42 Å². The van der Waals surface area contributed by atoms with E-state index in [1.54, 1.807) is 62.8 Å². The van der Waals surface area contributed by atoms with E-state index in [9.17, 15) is 9.59 Å². The Morgan fingerprint density at radius 2 is 1.24 bits per heavy atom. The summed E-state index contributed by atoms with van der Waals surface area (Å²) in [5, 5.41) is 0. The van der Waals surface area contributed by atoms with Crippen molar-refractivity contribution in [1.82, 2.24) is 10.9 Å². The van der Waals surface area contributed by atoms with Crippen LogP contribution in [-0.4, -0.2) is 32.6 Å². The molecule has 0 saturated heterocycles. The van der Waals surface area contributed by atoms with E-state index in [0.717, 1.165) is 5.56 Å². The number of hydrazine groups is 1. The van der Waals surface area contributed by atoms with Crippen LogP contribution >= 0.6 is 0 Å². The maximum absolute atomic E-state index is 11.8. The van der Waals surface area contributed by atoms with Crippen molar-refractivity contribution in [2.24, 2.45) is 0 Å². The van der Waals surface area contributed by atoms with Crippen LogP contribution in [0.3, 0.4) is 0 Å². The van der Waals surface area contributed by atoms with E-state index < -0.39 is 5.91 Å². The number of nitrogens with one attached hydrogen (secondary N) is 2. The molecule has 2 aromatic rings. The van der Waals surface area contributed by atoms with Crippen molar-refractivity contribution < 1.29 is 23.8 Å². The number of ether oxygens (including phenoxy) is 3. The molecule has 0 aromatic heterocycles. The molecule has 0 aliphatic carbocycles. The smallest absolute Gasteiger partial charge is 0.276 e. The fraction of sp³-hybridized carbons (Fsp3) is 0.222. The standard InChI is InChI=1S/C18H20N2O5/c1-23-14-5-3-13(4-6-14)11-17(21)19-20-18(22)12-25-16-9-7-15(24-2)8-10-16/h3-10H,11-12H2,1-2H3,(H,19,21)(H,20,22). The highest BCUT2D eigenvalue weighted by molar-refractivity contribution is 5.83. The molecular weight excluding hydrogens is 324 g/mol. The van der Waals surface area contributed by atoms with Gasteiger partial charge in [-0.1, -0.05) is 12.1 Å². The fourth-order valence-corrected chi connectivity index (χ4v) is 1.97. The van der Waals surface area contributed by atoms with Gasteiger partial charge in [0.2, 0.25) is 5.91 Å². The highest BCUT2D eigenvalue weighted by Crippen LogP contribution is 2.16. The van der Waals surface area contributed by atoms with Crippen molar-refractivity contribution in [3.8, 4) is 17.2 Å². The molecule has 2 N–H and O–H groups in total. The molecule has 0 atom stereocenters. The Bertz CT molecular complexity index is 698. The van der Waals surface area contributed by atoms with Crippen LogP contribution in [0.1, 0.15) is 5.56 Å². The molecule has 132 valence electrons. The lowest BCUT2D eigenvalue weighted by atomic mass is 10.1. The number of rotatable bonds is 7. The molecule has 0 aliphatic heterocycles. The Balaban J connectivity index is 1.70. The van der Waals surface area contributed by atoms with E-state index in [2.05, 4.69) is 10.9 Å². The van der Waals surface area contributed by atoms with Crippen LogP contribution in [0.4, 0.5) is 0 Å². The maximum Gasteiger partial charge on any atom is 0.276 e. The van der Waals surface area contributed by atoms with E-state index in [1.807, 2.05) is 0 Å². The largest absolute Gasteiger partial charge is 0.497 e. The highest BCUT2D eigenvalue weighted by atomic mass is 16.5. The van der Waals surface area contributed by atoms with Crippen LogP contribution in [0.5, 0.6) is 17.2 Å². The molecule has 0 heterocycles. The van der Waals surface area contributed by atoms with Gasteiger partial charge in [0.05, 0.1) is 20.6 Å². The molecule has 25 heavy (non-hydrogen) atoms. The van der Waals surface area contributed by atoms with Crippen molar-refractivity contribution in [3.63, 3.8) is 0 Å². The van der Waals surface area contributed by atoms with E-state index in [4.69, 9.17) is 14.2 Å². The average molecular weight is 344 g/mol. The summed E-state index contributed by atoms with van der Waals surface area (Å²) in [6.45, 7) is -0.213. The molecule has 0 fully saturated rings. The van der Waals surface area contributed by atoms with Crippen LogP contribution in [-0.2, 0) is 16.0 Å². The normalized spacial score (nSPS) is 9.84. The van der Waals surface area contributed by atoms with Gasteiger partial charge in [-0.3, -0.25) is 20.4 Å². The Hall–Kier alpha value is -3.22. The number of methoxy groups -OCH3 is 2. The van der Waals surface area contributed by atoms with Gasteiger partial charge in [-0.25, -0.2) is 0 Å². The lowest BCUT2D eigenvalue weighted by molar-refractivity contribution is -0.129. The molecule has 0 spiro atoms. The number of hydrogen-bond donors (Lipinski definition) is 2. The van der Waals surface area contributed by atoms with Crippen molar-refractivity contribution in [2.75, 3.05) is 20.8 Å². The topological polar surface area (TPSA) is 85.9 Å². The zero-order valence-corrected chi connectivity index (χ0v) is 14.1. The molecule has 2 amide bonds. The zero-order chi connectivity index (χ0) is 18.1. The van der Waals surface area contributed by atoms with E-state index in [0.29, 0.717) is 17.2 Å². The predicted octanol–water partition coefficient (Wildman–Crippen LogP) is 1.47. The third-order valence-corrected chi connectivity index (χ3v) is 3.29. The summed E-state index contributed by atoms with van der Waals surface area (Å²) in [4.78, 5) is 23.5. The fourth-order valence-electron chi connectivity index (χ4n) is 1.97. The van der Waals surface area contributed by atoms with Crippen LogP contribution < -0.4 is 25.1 Å². The Kier molecular flexibility index (Phi) is 6.65. The van der Waals surface area contributed by atoms with Crippen molar-refractivity contribution >= 4 is 11.8 Å². The summed E-state index contributed by atoms with van der Waals surface area (Å²) in [7, 11) is 3.14. The zero-order valence-electron chi connectivity index (χ0n) is 14.1. The minimum atomic E-state index is -0.459. The van der Waals surface area contributed by atoms with E-state index >= 15 is 0 Å². The molecule has 7 nitrogen and oxygen atoms in total. The summed E-state index contributed by atoms with van der Waals surface area (Å²) < 4.78 is 15.4. The van der Waals surface area contributed by atoms with Gasteiger partial charge in [0.25, 0.3) is 5.91 Å². The van der Waals surface area contributed by atoms with Gasteiger partial charge in [-0.2, -0.15) is 0 Å². The number of hydrogen-bond acceptors (Lipinski definition) is 5. The van der Waals surface area contributed by atoms with Crippen molar-refractivity contribution in [3.05, 3.63) is 54.1 Å². The van der Waals surface area contributed by atoms with Crippen LogP contribution in [0, 0.1) is 0 Å². The third kappa shape index (κ3) is 6.06. The second-order valence-electron chi connectivity index (χ2n) is 5.09. The lowest BCUT2D eigenvalue weighted by Gasteiger charge is -2.09. The first kappa shape index (κ1) is 18.1. The minimum Gasteiger partial charge on any atom is -0.497 e. The average Bonchev–Trinajstić information content (AvgIpc) is 2.65. The first-order chi connectivity index (χ1) is 12.1. The summed E-state index contributed by atoms with van der Waals surface area (Å²) in [6.07, 6.45) is 0.142. The van der Waals surface area contributed by atoms with Gasteiger partial charge in [0.1, 0.15) is 17.2 Å². The highest BCUT2D eigenvalue weighted by Gasteiger charge is 2.07. The second-order valence-corrected chi connectivity index (χ2v) is 5.09. The summed E-state index contributed by atoms with van der Waals surface area (Å²) in [6, 6.07) is 13.9. The second kappa shape index (κ2) is 9.17. The maximum atomic E-state index is 11.8. The minimum absolute atomic E-state index is 0.142. The number of benzene rings is 2. The SMILES string of the molecule is COc1ccc(CC(=O)NNC(=O)COc2ccc(OC)cc2)cc1. The molecule has 0 aliphatic rings. The van der Waals surface area contributed by atoms with Gasteiger partial charge in [-0.05, 0) is 42.0 Å². The number of carbonyl (C=O) groups is 2. The Labute approximate surface area is 145 Å². The third-order valence-electron chi connectivity index (χ3n) is 3.29. The lowest BCUT2D eigenvalue weighted by Crippen LogP contribution is -2.44. The molecule has 2 aromatic carbocycles. The van der Waals surface area contributed by atoms with Crippen LogP contribution in [0.15, 0.2) is 48.5 Å². The molecule has 0 bridgehead atoms. The molecule has 0 unspecified atom stereocenters. The molecule has 0 radical (unpaired) electrons. The van der Waals surface area contributed by atoms with Crippen LogP contribution in [0.25, 0.3) is 0 Å². The van der Waals surface area contributed by atoms with E-state index in [1.165, 1.54) is 0 Å². The number of amides is 2. The quantitative estimate of drug-likeness (QED) is 0.743. The predicted molar refractivity (Wildman–Crippen MR) is 91.5 cm³/mol.